The summed E-state index contributed by atoms with van der Waals surface area (Å²) in [5.41, 5.74) is 10.2. The van der Waals surface area contributed by atoms with Crippen molar-refractivity contribution in [1.82, 2.24) is 25.0 Å². The van der Waals surface area contributed by atoms with Gasteiger partial charge in [-0.3, -0.25) is 43.4 Å². The van der Waals surface area contributed by atoms with Crippen molar-refractivity contribution < 1.29 is 57.4 Å². The molecule has 4 unspecified atom stereocenters. The van der Waals surface area contributed by atoms with Crippen LogP contribution in [-0.4, -0.2) is 128 Å². The summed E-state index contributed by atoms with van der Waals surface area (Å²) < 4.78 is 15.4. The van der Waals surface area contributed by atoms with Gasteiger partial charge in [0, 0.05) is 62.0 Å². The lowest BCUT2D eigenvalue weighted by Crippen LogP contribution is -2.34. The SMILES string of the molecule is CCCCCSC1CC(=O)N(CCC(=O)Nc2ccc3c(c2)C(COC(=O)OC)c2ccccc2-3)C1=O.CCCCCSC1CC(=O)N(CCC(=O)Nc2ccc3c(c2)C(COC(=O)On2nnc4ccccc42)c2ccccc2-3)C1=O. The zero-order chi connectivity index (χ0) is 57.7. The zero-order valence-corrected chi connectivity index (χ0v) is 47.6. The molecule has 6 aromatic rings. The highest BCUT2D eigenvalue weighted by Gasteiger charge is 2.40. The van der Waals surface area contributed by atoms with Crippen molar-refractivity contribution in [2.45, 2.75) is 100 Å². The van der Waals surface area contributed by atoms with Crippen molar-refractivity contribution in [2.24, 2.45) is 0 Å². The minimum Gasteiger partial charge on any atom is -0.438 e. The molecule has 0 spiro atoms. The van der Waals surface area contributed by atoms with E-state index >= 15 is 0 Å². The van der Waals surface area contributed by atoms with Crippen LogP contribution >= 0.6 is 23.5 Å². The first-order chi connectivity index (χ1) is 39.8. The zero-order valence-electron chi connectivity index (χ0n) is 46.0. The number of ether oxygens (including phenoxy) is 3. The molecule has 2 fully saturated rings. The van der Waals surface area contributed by atoms with Crippen LogP contribution in [0.1, 0.15) is 112 Å². The molecule has 19 nitrogen and oxygen atoms in total. The number of hydrogen-bond donors (Lipinski definition) is 2. The fourth-order valence-electron chi connectivity index (χ4n) is 10.6. The first-order valence-electron chi connectivity index (χ1n) is 27.7. The van der Waals surface area contributed by atoms with Gasteiger partial charge in [0.1, 0.15) is 24.2 Å². The molecule has 21 heteroatoms. The van der Waals surface area contributed by atoms with Crippen molar-refractivity contribution in [1.29, 1.82) is 0 Å². The number of unbranched alkanes of at least 4 members (excludes halogenated alkanes) is 4. The number of thioether (sulfide) groups is 2. The van der Waals surface area contributed by atoms with Crippen LogP contribution in [-0.2, 0) is 43.0 Å². The summed E-state index contributed by atoms with van der Waals surface area (Å²) in [5, 5.41) is 12.9. The number of fused-ring (bicyclic) bond motifs is 7. The highest BCUT2D eigenvalue weighted by Crippen LogP contribution is 2.47. The highest BCUT2D eigenvalue weighted by atomic mass is 32.2. The monoisotopic (exact) mass is 1150 g/mol. The summed E-state index contributed by atoms with van der Waals surface area (Å²) in [7, 11) is 1.27. The molecule has 0 radical (unpaired) electrons. The maximum Gasteiger partial charge on any atom is 0.535 e. The molecular formula is C61H65N7O12S2. The Bertz CT molecular complexity index is 3370. The third kappa shape index (κ3) is 13.8. The molecule has 5 aromatic carbocycles. The maximum absolute atomic E-state index is 12.9. The van der Waals surface area contributed by atoms with E-state index in [0.29, 0.717) is 22.4 Å². The fourth-order valence-corrected chi connectivity index (χ4v) is 12.9. The summed E-state index contributed by atoms with van der Waals surface area (Å²) in [5.74, 6) is -0.192. The third-order valence-corrected chi connectivity index (χ3v) is 17.3. The summed E-state index contributed by atoms with van der Waals surface area (Å²) in [6.07, 6.45) is 5.22. The van der Waals surface area contributed by atoms with E-state index in [9.17, 15) is 38.4 Å². The molecular weight excluding hydrogens is 1090 g/mol. The fraction of sp³-hybridized carbons (Fsp3) is 0.377. The average molecular weight is 1150 g/mol. The van der Waals surface area contributed by atoms with E-state index in [2.05, 4.69) is 39.5 Å². The molecule has 2 aliphatic carbocycles. The van der Waals surface area contributed by atoms with Gasteiger partial charge >= 0.3 is 12.3 Å². The van der Waals surface area contributed by atoms with Crippen molar-refractivity contribution in [3.63, 3.8) is 0 Å². The van der Waals surface area contributed by atoms with Gasteiger partial charge in [-0.2, -0.15) is 0 Å². The predicted molar refractivity (Wildman–Crippen MR) is 312 cm³/mol. The summed E-state index contributed by atoms with van der Waals surface area (Å²) in [4.78, 5) is 109. The summed E-state index contributed by atoms with van der Waals surface area (Å²) in [6, 6.07) is 34.1. The number of imide groups is 2. The quantitative estimate of drug-likeness (QED) is 0.0263. The second kappa shape index (κ2) is 27.6. The highest BCUT2D eigenvalue weighted by molar-refractivity contribution is 8.00. The second-order valence-corrected chi connectivity index (χ2v) is 22.8. The first kappa shape index (κ1) is 58.6. The Kier molecular flexibility index (Phi) is 19.7. The first-order valence-corrected chi connectivity index (χ1v) is 29.8. The molecule has 6 amide bonds. The van der Waals surface area contributed by atoms with E-state index < -0.39 is 12.3 Å². The molecule has 0 saturated carbocycles. The second-order valence-electron chi connectivity index (χ2n) is 20.2. The number of amides is 6. The van der Waals surface area contributed by atoms with E-state index in [1.54, 1.807) is 18.2 Å². The molecule has 4 atom stereocenters. The van der Waals surface area contributed by atoms with E-state index in [-0.39, 0.29) is 110 Å². The van der Waals surface area contributed by atoms with Crippen LogP contribution in [0.3, 0.4) is 0 Å². The summed E-state index contributed by atoms with van der Waals surface area (Å²) in [6.45, 7) is 4.49. The van der Waals surface area contributed by atoms with Crippen LogP contribution in [0, 0.1) is 0 Å². The van der Waals surface area contributed by atoms with Crippen LogP contribution in [0.2, 0.25) is 0 Å². The van der Waals surface area contributed by atoms with Crippen molar-refractivity contribution in [3.8, 4) is 22.3 Å². The molecule has 2 N–H and O–H groups in total. The smallest absolute Gasteiger partial charge is 0.438 e. The number of carbonyl (C=O) groups excluding carboxylic acids is 8. The standard InChI is InChI=1S/C33H33N5O6S.C28H32N2O6S/c1-2-3-8-17-45-29-19-31(40)37(32(29)41)16-15-30(39)34-21-13-14-24-22-9-4-5-10-23(22)26(25(24)18-21)20-43-33(42)44-38-28-12-7-6-11-27(28)35-36-38;1-3-4-7-14-37-24-16-26(32)30(27(24)33)13-12-25(31)29-18-10-11-21-19-8-5-6-9-20(19)23(22(21)15-18)17-36-28(34)35-2/h4-7,9-14,18,26,29H,2-3,8,15-17,19-20H2,1H3,(H,34,39);5-6,8-11,15,23-24H,3-4,7,12-14,16-17H2,1-2H3,(H,29,31). The van der Waals surface area contributed by atoms with Gasteiger partial charge < -0.3 is 24.8 Å². The number of likely N-dealkylation sites (tertiary alicyclic amines) is 2. The van der Waals surface area contributed by atoms with Crippen LogP contribution in [0.15, 0.2) is 109 Å². The van der Waals surface area contributed by atoms with Crippen molar-refractivity contribution in [3.05, 3.63) is 131 Å². The molecule has 2 aliphatic heterocycles. The molecule has 0 bridgehead atoms. The minimum atomic E-state index is -0.923. The number of rotatable bonds is 23. The Morgan fingerprint density at radius 3 is 1.54 bits per heavy atom. The topological polar surface area (TPSA) is 235 Å². The molecule has 2 saturated heterocycles. The predicted octanol–water partition coefficient (Wildman–Crippen LogP) is 10.1. The number of anilines is 2. The normalized spacial score (nSPS) is 17.4. The third-order valence-electron chi connectivity index (χ3n) is 14.7. The number of para-hydroxylation sites is 1. The van der Waals surface area contributed by atoms with Gasteiger partial charge in [0.2, 0.25) is 35.4 Å². The number of carbonyl (C=O) groups is 8. The van der Waals surface area contributed by atoms with Gasteiger partial charge in [0.05, 0.1) is 17.6 Å². The Morgan fingerprint density at radius 2 is 1.04 bits per heavy atom. The van der Waals surface area contributed by atoms with Crippen LogP contribution in [0.4, 0.5) is 21.0 Å². The lowest BCUT2D eigenvalue weighted by molar-refractivity contribution is -0.140. The number of hydrogen-bond acceptors (Lipinski definition) is 16. The maximum atomic E-state index is 12.9. The van der Waals surface area contributed by atoms with Crippen molar-refractivity contribution in [2.75, 3.05) is 55.6 Å². The molecule has 428 valence electrons. The molecule has 10 rings (SSSR count). The van der Waals surface area contributed by atoms with Gasteiger partial charge in [0.15, 0.2) is 0 Å². The molecule has 82 heavy (non-hydrogen) atoms. The van der Waals surface area contributed by atoms with Gasteiger partial charge in [-0.25, -0.2) is 9.59 Å². The molecule has 3 heterocycles. The number of benzene rings is 5. The van der Waals surface area contributed by atoms with Crippen LogP contribution in [0.5, 0.6) is 0 Å². The average Bonchev–Trinajstić information content (AvgIpc) is 3.83. The Balaban J connectivity index is 0.000000202. The van der Waals surface area contributed by atoms with Crippen molar-refractivity contribution >= 4 is 93.7 Å². The van der Waals surface area contributed by atoms with E-state index in [4.69, 9.17) is 14.3 Å². The minimum absolute atomic E-state index is 0.00262. The lowest BCUT2D eigenvalue weighted by atomic mass is 9.97. The number of methoxy groups -OCH3 is 1. The van der Waals surface area contributed by atoms with Crippen LogP contribution < -0.4 is 15.5 Å². The van der Waals surface area contributed by atoms with Gasteiger partial charge in [0.25, 0.3) is 0 Å². The van der Waals surface area contributed by atoms with E-state index in [1.165, 1.54) is 40.4 Å². The van der Waals surface area contributed by atoms with Gasteiger partial charge in [-0.15, -0.1) is 28.6 Å². The Labute approximate surface area is 483 Å². The van der Waals surface area contributed by atoms with Gasteiger partial charge in [-0.1, -0.05) is 117 Å². The Hall–Kier alpha value is -8.04. The number of nitrogens with zero attached hydrogens (tertiary/aromatic N) is 5. The Morgan fingerprint density at radius 1 is 0.573 bits per heavy atom. The van der Waals surface area contributed by atoms with Crippen LogP contribution in [0.25, 0.3) is 33.3 Å². The van der Waals surface area contributed by atoms with E-state index in [1.807, 2.05) is 91.0 Å². The lowest BCUT2D eigenvalue weighted by Gasteiger charge is -2.16. The molecule has 4 aliphatic rings. The van der Waals surface area contributed by atoms with Gasteiger partial charge in [-0.05, 0) is 110 Å². The largest absolute Gasteiger partial charge is 0.535 e. The molecule has 1 aromatic heterocycles. The summed E-state index contributed by atoms with van der Waals surface area (Å²) >= 11 is 3.07. The number of aromatic nitrogens is 3. The number of nitrogens with one attached hydrogen (secondary N) is 2. The van der Waals surface area contributed by atoms with E-state index in [0.717, 1.165) is 99.4 Å².